The van der Waals surface area contributed by atoms with Crippen molar-refractivity contribution in [1.82, 2.24) is 4.90 Å². The number of benzene rings is 2. The van der Waals surface area contributed by atoms with Gasteiger partial charge in [0, 0.05) is 12.1 Å². The Kier molecular flexibility index (Phi) is 7.10. The van der Waals surface area contributed by atoms with E-state index < -0.39 is 23.5 Å². The second kappa shape index (κ2) is 9.77. The average molecular weight is 426 g/mol. The molecule has 1 amide bonds. The van der Waals surface area contributed by atoms with Gasteiger partial charge in [-0.2, -0.15) is 0 Å². The third-order valence-corrected chi connectivity index (χ3v) is 5.17. The smallest absolute Gasteiger partial charge is 0.295 e. The molecule has 0 aliphatic carbocycles. The fraction of sp³-hybridized carbons (Fsp3) is 0.360. The zero-order chi connectivity index (χ0) is 22.5. The van der Waals surface area contributed by atoms with Crippen molar-refractivity contribution in [3.8, 4) is 5.75 Å². The van der Waals surface area contributed by atoms with E-state index in [-0.39, 0.29) is 11.3 Å². The van der Waals surface area contributed by atoms with Gasteiger partial charge in [-0.1, -0.05) is 51.5 Å². The van der Waals surface area contributed by atoms with Crippen molar-refractivity contribution < 1.29 is 23.8 Å². The minimum absolute atomic E-state index is 0.00807. The van der Waals surface area contributed by atoms with E-state index in [2.05, 4.69) is 0 Å². The number of halogens is 1. The van der Waals surface area contributed by atoms with Gasteiger partial charge >= 0.3 is 0 Å². The SMILES string of the molecule is CCCCN1C(=O)C(=O)/C(=C(\O)c2cccc(OCC(C)C)c2)C1c1ccc(F)cc1. The highest BCUT2D eigenvalue weighted by molar-refractivity contribution is 6.46. The van der Waals surface area contributed by atoms with Gasteiger partial charge in [-0.3, -0.25) is 9.59 Å². The summed E-state index contributed by atoms with van der Waals surface area (Å²) in [6.45, 7) is 6.94. The summed E-state index contributed by atoms with van der Waals surface area (Å²) >= 11 is 0. The zero-order valence-electron chi connectivity index (χ0n) is 18.1. The summed E-state index contributed by atoms with van der Waals surface area (Å²) in [5.41, 5.74) is 0.973. The van der Waals surface area contributed by atoms with Crippen molar-refractivity contribution in [2.24, 2.45) is 5.92 Å². The third-order valence-electron chi connectivity index (χ3n) is 5.17. The number of ether oxygens (including phenoxy) is 1. The second-order valence-electron chi connectivity index (χ2n) is 8.13. The molecule has 0 saturated carbocycles. The molecule has 5 nitrogen and oxygen atoms in total. The first-order valence-corrected chi connectivity index (χ1v) is 10.6. The van der Waals surface area contributed by atoms with Crippen molar-refractivity contribution >= 4 is 17.4 Å². The molecule has 1 aliphatic rings. The summed E-state index contributed by atoms with van der Waals surface area (Å²) in [5.74, 6) is -1.17. The number of amides is 1. The Morgan fingerprint density at radius 1 is 1.16 bits per heavy atom. The van der Waals surface area contributed by atoms with Crippen molar-refractivity contribution in [2.75, 3.05) is 13.2 Å². The Bertz CT molecular complexity index is 981. The third kappa shape index (κ3) is 4.95. The Morgan fingerprint density at radius 2 is 1.87 bits per heavy atom. The van der Waals surface area contributed by atoms with E-state index in [4.69, 9.17) is 4.74 Å². The normalized spacial score (nSPS) is 18.1. The van der Waals surface area contributed by atoms with Crippen molar-refractivity contribution in [2.45, 2.75) is 39.7 Å². The van der Waals surface area contributed by atoms with E-state index in [0.29, 0.717) is 42.4 Å². The van der Waals surface area contributed by atoms with Gasteiger partial charge in [0.1, 0.15) is 17.3 Å². The lowest BCUT2D eigenvalue weighted by atomic mass is 9.95. The number of unbranched alkanes of at least 4 members (excludes halogenated alkanes) is 1. The molecule has 1 atom stereocenters. The number of aliphatic hydroxyl groups is 1. The molecular formula is C25H28FNO4. The number of aliphatic hydroxyl groups excluding tert-OH is 1. The molecule has 0 spiro atoms. The number of carbonyl (C=O) groups is 2. The highest BCUT2D eigenvalue weighted by atomic mass is 19.1. The van der Waals surface area contributed by atoms with Gasteiger partial charge in [-0.05, 0) is 42.2 Å². The number of carbonyl (C=O) groups excluding carboxylic acids is 2. The minimum Gasteiger partial charge on any atom is -0.507 e. The van der Waals surface area contributed by atoms with Crippen LogP contribution in [0.4, 0.5) is 4.39 Å². The molecule has 1 N–H and O–H groups in total. The number of rotatable bonds is 8. The van der Waals surface area contributed by atoms with E-state index >= 15 is 0 Å². The van der Waals surface area contributed by atoms with E-state index in [1.54, 1.807) is 36.4 Å². The standard InChI is InChI=1S/C25H28FNO4/c1-4-5-13-27-22(17-9-11-19(26)12-10-17)21(24(29)25(27)30)23(28)18-7-6-8-20(14-18)31-15-16(2)3/h6-12,14,16,22,28H,4-5,13,15H2,1-3H3/b23-21-. The summed E-state index contributed by atoms with van der Waals surface area (Å²) < 4.78 is 19.2. The van der Waals surface area contributed by atoms with Crippen LogP contribution < -0.4 is 4.74 Å². The van der Waals surface area contributed by atoms with Crippen LogP contribution in [0.1, 0.15) is 50.8 Å². The second-order valence-corrected chi connectivity index (χ2v) is 8.13. The van der Waals surface area contributed by atoms with Crippen LogP contribution in [-0.2, 0) is 9.59 Å². The zero-order valence-corrected chi connectivity index (χ0v) is 18.1. The fourth-order valence-corrected chi connectivity index (χ4v) is 3.58. The lowest BCUT2D eigenvalue weighted by Crippen LogP contribution is -2.30. The molecule has 164 valence electrons. The van der Waals surface area contributed by atoms with Crippen LogP contribution >= 0.6 is 0 Å². The highest BCUT2D eigenvalue weighted by Crippen LogP contribution is 2.39. The number of likely N-dealkylation sites (tertiary alicyclic amines) is 1. The molecule has 0 radical (unpaired) electrons. The van der Waals surface area contributed by atoms with Gasteiger partial charge < -0.3 is 14.7 Å². The number of hydrogen-bond donors (Lipinski definition) is 1. The van der Waals surface area contributed by atoms with Crippen LogP contribution in [0.2, 0.25) is 0 Å². The lowest BCUT2D eigenvalue weighted by molar-refractivity contribution is -0.139. The molecule has 0 aromatic heterocycles. The number of Topliss-reactive ketones (excluding diaryl/α,β-unsaturated/α-hetero) is 1. The molecular weight excluding hydrogens is 397 g/mol. The highest BCUT2D eigenvalue weighted by Gasteiger charge is 2.45. The van der Waals surface area contributed by atoms with Gasteiger partial charge in [0.15, 0.2) is 0 Å². The van der Waals surface area contributed by atoms with Crippen LogP contribution in [0.25, 0.3) is 5.76 Å². The molecule has 1 unspecified atom stereocenters. The molecule has 2 aromatic carbocycles. The number of nitrogens with zero attached hydrogens (tertiary/aromatic N) is 1. The predicted octanol–water partition coefficient (Wildman–Crippen LogP) is 5.08. The molecule has 2 aromatic rings. The maximum absolute atomic E-state index is 13.5. The summed E-state index contributed by atoms with van der Waals surface area (Å²) in [7, 11) is 0. The predicted molar refractivity (Wildman–Crippen MR) is 117 cm³/mol. The van der Waals surface area contributed by atoms with Crippen LogP contribution in [-0.4, -0.2) is 34.8 Å². The minimum atomic E-state index is -0.771. The van der Waals surface area contributed by atoms with Crippen molar-refractivity contribution in [3.05, 3.63) is 71.0 Å². The summed E-state index contributed by atoms with van der Waals surface area (Å²) in [5, 5.41) is 11.1. The van der Waals surface area contributed by atoms with Crippen molar-refractivity contribution in [3.63, 3.8) is 0 Å². The maximum atomic E-state index is 13.5. The van der Waals surface area contributed by atoms with Crippen LogP contribution in [0.3, 0.4) is 0 Å². The van der Waals surface area contributed by atoms with Crippen LogP contribution in [0.15, 0.2) is 54.1 Å². The summed E-state index contributed by atoms with van der Waals surface area (Å²) in [6.07, 6.45) is 1.55. The van der Waals surface area contributed by atoms with Crippen LogP contribution in [0.5, 0.6) is 5.75 Å². The molecule has 1 saturated heterocycles. The Labute approximate surface area is 182 Å². The van der Waals surface area contributed by atoms with E-state index in [9.17, 15) is 19.1 Å². The van der Waals surface area contributed by atoms with E-state index in [0.717, 1.165) is 6.42 Å². The fourth-order valence-electron chi connectivity index (χ4n) is 3.58. The molecule has 31 heavy (non-hydrogen) atoms. The Balaban J connectivity index is 2.07. The maximum Gasteiger partial charge on any atom is 0.295 e. The van der Waals surface area contributed by atoms with Gasteiger partial charge in [0.2, 0.25) is 0 Å². The first-order valence-electron chi connectivity index (χ1n) is 10.6. The summed E-state index contributed by atoms with van der Waals surface area (Å²) in [4.78, 5) is 27.2. The van der Waals surface area contributed by atoms with Crippen LogP contribution in [0, 0.1) is 11.7 Å². The number of hydrogen-bond acceptors (Lipinski definition) is 4. The van der Waals surface area contributed by atoms with Gasteiger partial charge in [-0.15, -0.1) is 0 Å². The first-order chi connectivity index (χ1) is 14.8. The monoisotopic (exact) mass is 425 g/mol. The van der Waals surface area contributed by atoms with Crippen molar-refractivity contribution in [1.29, 1.82) is 0 Å². The molecule has 0 bridgehead atoms. The average Bonchev–Trinajstić information content (AvgIpc) is 3.01. The van der Waals surface area contributed by atoms with E-state index in [1.165, 1.54) is 17.0 Å². The molecule has 1 aliphatic heterocycles. The molecule has 1 heterocycles. The Hall–Kier alpha value is -3.15. The van der Waals surface area contributed by atoms with Gasteiger partial charge in [0.05, 0.1) is 18.2 Å². The first kappa shape index (κ1) is 22.5. The summed E-state index contributed by atoms with van der Waals surface area (Å²) in [6, 6.07) is 11.7. The van der Waals surface area contributed by atoms with Gasteiger partial charge in [-0.25, -0.2) is 4.39 Å². The quantitative estimate of drug-likeness (QED) is 0.364. The molecule has 3 rings (SSSR count). The molecule has 6 heteroatoms. The Morgan fingerprint density at radius 3 is 2.52 bits per heavy atom. The number of ketones is 1. The lowest BCUT2D eigenvalue weighted by Gasteiger charge is -2.25. The molecule has 1 fully saturated rings. The largest absolute Gasteiger partial charge is 0.507 e. The van der Waals surface area contributed by atoms with Gasteiger partial charge in [0.25, 0.3) is 11.7 Å². The van der Waals surface area contributed by atoms with E-state index in [1.807, 2.05) is 20.8 Å². The topological polar surface area (TPSA) is 66.8 Å².